The second kappa shape index (κ2) is 9.33. The first-order chi connectivity index (χ1) is 11.7. The quantitative estimate of drug-likeness (QED) is 0.586. The minimum absolute atomic E-state index is 0.0784. The molecule has 0 fully saturated rings. The largest absolute Gasteiger partial charge is 0.493 e. The van der Waals surface area contributed by atoms with E-state index in [1.807, 2.05) is 25.1 Å². The zero-order chi connectivity index (χ0) is 17.4. The number of ether oxygens (including phenoxy) is 3. The molecule has 132 valence electrons. The van der Waals surface area contributed by atoms with Gasteiger partial charge in [0.25, 0.3) is 0 Å². The molecule has 1 aliphatic carbocycles. The lowest BCUT2D eigenvalue weighted by atomic mass is 9.93. The van der Waals surface area contributed by atoms with Crippen LogP contribution in [0.4, 0.5) is 0 Å². The number of carbonyl (C=O) groups excluding carboxylic acids is 1. The van der Waals surface area contributed by atoms with Crippen molar-refractivity contribution in [1.82, 2.24) is 5.32 Å². The van der Waals surface area contributed by atoms with E-state index < -0.39 is 0 Å². The topological polar surface area (TPSA) is 56.8 Å². The molecule has 1 aromatic rings. The molecule has 0 heterocycles. The monoisotopic (exact) mass is 333 g/mol. The summed E-state index contributed by atoms with van der Waals surface area (Å²) in [5, 5.41) is 3.10. The maximum Gasteiger partial charge on any atom is 0.223 e. The fourth-order valence-corrected chi connectivity index (χ4v) is 2.75. The van der Waals surface area contributed by atoms with Gasteiger partial charge in [-0.25, -0.2) is 0 Å². The third kappa shape index (κ3) is 4.99. The van der Waals surface area contributed by atoms with Crippen LogP contribution in [0.2, 0.25) is 0 Å². The minimum Gasteiger partial charge on any atom is -0.493 e. The number of rotatable bonds is 8. The first kappa shape index (κ1) is 18.3. The van der Waals surface area contributed by atoms with Gasteiger partial charge in [-0.3, -0.25) is 4.79 Å². The van der Waals surface area contributed by atoms with Crippen LogP contribution in [0.15, 0.2) is 30.4 Å². The van der Waals surface area contributed by atoms with Crippen LogP contribution in [0, 0.1) is 5.92 Å². The first-order valence-corrected chi connectivity index (χ1v) is 8.40. The second-order valence-electron chi connectivity index (χ2n) is 5.96. The third-order valence-electron chi connectivity index (χ3n) is 4.23. The Bertz CT molecular complexity index is 570. The van der Waals surface area contributed by atoms with Gasteiger partial charge in [-0.1, -0.05) is 18.2 Å². The predicted octanol–water partition coefficient (Wildman–Crippen LogP) is 3.25. The van der Waals surface area contributed by atoms with Crippen LogP contribution in [0.1, 0.15) is 37.8 Å². The van der Waals surface area contributed by atoms with E-state index in [1.54, 1.807) is 14.2 Å². The number of amides is 1. The van der Waals surface area contributed by atoms with Crippen LogP contribution in [-0.2, 0) is 9.53 Å². The lowest BCUT2D eigenvalue weighted by Crippen LogP contribution is -2.33. The van der Waals surface area contributed by atoms with Crippen molar-refractivity contribution >= 4 is 5.91 Å². The standard InChI is InChI=1S/C19H27NO4/c1-14(20-19(21)15-7-5-4-6-8-15)16-9-10-17(18(13-16)23-3)24-12-11-22-2/h4-5,9-10,13-15H,6-8,11-12H2,1-3H3,(H,20,21)/t14-,15+/m0/s1. The van der Waals surface area contributed by atoms with E-state index >= 15 is 0 Å². The van der Waals surface area contributed by atoms with Gasteiger partial charge in [0.1, 0.15) is 6.61 Å². The van der Waals surface area contributed by atoms with Gasteiger partial charge in [-0.15, -0.1) is 0 Å². The summed E-state index contributed by atoms with van der Waals surface area (Å²) in [7, 11) is 3.25. The Balaban J connectivity index is 1.99. The van der Waals surface area contributed by atoms with Gasteiger partial charge in [-0.05, 0) is 43.9 Å². The van der Waals surface area contributed by atoms with Gasteiger partial charge in [-0.2, -0.15) is 0 Å². The molecule has 1 aliphatic rings. The SMILES string of the molecule is COCCOc1ccc([C@H](C)NC(=O)[C@@H]2CC=CCC2)cc1OC. The Labute approximate surface area is 144 Å². The van der Waals surface area contributed by atoms with Crippen molar-refractivity contribution in [2.45, 2.75) is 32.2 Å². The molecule has 5 nitrogen and oxygen atoms in total. The Hall–Kier alpha value is -2.01. The fourth-order valence-electron chi connectivity index (χ4n) is 2.75. The molecule has 0 saturated carbocycles. The van der Waals surface area contributed by atoms with Crippen molar-refractivity contribution in [3.63, 3.8) is 0 Å². The zero-order valence-corrected chi connectivity index (χ0v) is 14.7. The van der Waals surface area contributed by atoms with Crippen LogP contribution < -0.4 is 14.8 Å². The van der Waals surface area contributed by atoms with Crippen molar-refractivity contribution in [3.05, 3.63) is 35.9 Å². The molecule has 0 aliphatic heterocycles. The number of allylic oxidation sites excluding steroid dienone is 2. The Morgan fingerprint density at radius 1 is 1.25 bits per heavy atom. The van der Waals surface area contributed by atoms with Crippen molar-refractivity contribution in [3.8, 4) is 11.5 Å². The number of methoxy groups -OCH3 is 2. The molecule has 1 aromatic carbocycles. The summed E-state index contributed by atoms with van der Waals surface area (Å²) in [6.45, 7) is 2.97. The predicted molar refractivity (Wildman–Crippen MR) is 93.4 cm³/mol. The highest BCUT2D eigenvalue weighted by molar-refractivity contribution is 5.79. The zero-order valence-electron chi connectivity index (χ0n) is 14.7. The Morgan fingerprint density at radius 3 is 2.75 bits per heavy atom. The Kier molecular flexibility index (Phi) is 7.12. The summed E-state index contributed by atoms with van der Waals surface area (Å²) >= 11 is 0. The van der Waals surface area contributed by atoms with E-state index in [2.05, 4.69) is 17.5 Å². The molecule has 5 heteroatoms. The van der Waals surface area contributed by atoms with Crippen molar-refractivity contribution < 1.29 is 19.0 Å². The van der Waals surface area contributed by atoms with Crippen LogP contribution in [0.25, 0.3) is 0 Å². The molecule has 0 spiro atoms. The van der Waals surface area contributed by atoms with Crippen molar-refractivity contribution in [1.29, 1.82) is 0 Å². The van der Waals surface area contributed by atoms with E-state index in [1.165, 1.54) is 0 Å². The van der Waals surface area contributed by atoms with Gasteiger partial charge >= 0.3 is 0 Å². The highest BCUT2D eigenvalue weighted by Crippen LogP contribution is 2.30. The van der Waals surface area contributed by atoms with Crippen molar-refractivity contribution in [2.75, 3.05) is 27.4 Å². The van der Waals surface area contributed by atoms with E-state index in [0.29, 0.717) is 24.7 Å². The minimum atomic E-state index is -0.0784. The fraction of sp³-hybridized carbons (Fsp3) is 0.526. The number of hydrogen-bond acceptors (Lipinski definition) is 4. The molecule has 0 bridgehead atoms. The molecule has 1 amide bonds. The molecule has 0 aromatic heterocycles. The summed E-state index contributed by atoms with van der Waals surface area (Å²) in [6.07, 6.45) is 6.96. The van der Waals surface area contributed by atoms with Crippen LogP contribution in [-0.4, -0.2) is 33.3 Å². The molecule has 0 radical (unpaired) electrons. The lowest BCUT2D eigenvalue weighted by molar-refractivity contribution is -0.125. The molecule has 2 atom stereocenters. The highest BCUT2D eigenvalue weighted by Gasteiger charge is 2.21. The molecule has 0 saturated heterocycles. The summed E-state index contributed by atoms with van der Waals surface area (Å²) in [5.41, 5.74) is 0.991. The average molecular weight is 333 g/mol. The molecule has 0 unspecified atom stereocenters. The molecule has 24 heavy (non-hydrogen) atoms. The normalized spacial score (nSPS) is 18.0. The smallest absolute Gasteiger partial charge is 0.223 e. The summed E-state index contributed by atoms with van der Waals surface area (Å²) in [6, 6.07) is 5.66. The molecular formula is C19H27NO4. The van der Waals surface area contributed by atoms with Gasteiger partial charge < -0.3 is 19.5 Å². The molecular weight excluding hydrogens is 306 g/mol. The van der Waals surface area contributed by atoms with Crippen LogP contribution in [0.5, 0.6) is 11.5 Å². The average Bonchev–Trinajstić information content (AvgIpc) is 2.62. The van der Waals surface area contributed by atoms with Crippen LogP contribution in [0.3, 0.4) is 0 Å². The number of benzene rings is 1. The number of hydrogen-bond donors (Lipinski definition) is 1. The van der Waals surface area contributed by atoms with Gasteiger partial charge in [0.05, 0.1) is 19.8 Å². The Morgan fingerprint density at radius 2 is 2.08 bits per heavy atom. The maximum absolute atomic E-state index is 12.4. The lowest BCUT2D eigenvalue weighted by Gasteiger charge is -2.22. The summed E-state index contributed by atoms with van der Waals surface area (Å²) < 4.78 is 16.0. The van der Waals surface area contributed by atoms with Gasteiger partial charge in [0.15, 0.2) is 11.5 Å². The number of nitrogens with one attached hydrogen (secondary N) is 1. The van der Waals surface area contributed by atoms with Crippen LogP contribution >= 0.6 is 0 Å². The summed E-state index contributed by atoms with van der Waals surface area (Å²) in [5.74, 6) is 1.53. The second-order valence-corrected chi connectivity index (χ2v) is 5.96. The number of carbonyl (C=O) groups is 1. The van der Waals surface area contributed by atoms with E-state index in [4.69, 9.17) is 14.2 Å². The molecule has 2 rings (SSSR count). The third-order valence-corrected chi connectivity index (χ3v) is 4.23. The molecule has 1 N–H and O–H groups in total. The van der Waals surface area contributed by atoms with E-state index in [-0.39, 0.29) is 17.9 Å². The first-order valence-electron chi connectivity index (χ1n) is 8.40. The summed E-state index contributed by atoms with van der Waals surface area (Å²) in [4.78, 5) is 12.4. The maximum atomic E-state index is 12.4. The van der Waals surface area contributed by atoms with Gasteiger partial charge in [0, 0.05) is 13.0 Å². The van der Waals surface area contributed by atoms with Crippen molar-refractivity contribution in [2.24, 2.45) is 5.92 Å². The van der Waals surface area contributed by atoms with E-state index in [0.717, 1.165) is 24.8 Å². The highest BCUT2D eigenvalue weighted by atomic mass is 16.5. The van der Waals surface area contributed by atoms with Gasteiger partial charge in [0.2, 0.25) is 5.91 Å². The van der Waals surface area contributed by atoms with E-state index in [9.17, 15) is 4.79 Å².